The quantitative estimate of drug-likeness (QED) is 0.286. The molecule has 178 valence electrons. The van der Waals surface area contributed by atoms with E-state index >= 15 is 0 Å². The maximum absolute atomic E-state index is 12.6. The summed E-state index contributed by atoms with van der Waals surface area (Å²) in [5.41, 5.74) is 2.36. The van der Waals surface area contributed by atoms with Gasteiger partial charge < -0.3 is 15.2 Å². The van der Waals surface area contributed by atoms with E-state index in [1.165, 1.54) is 11.8 Å². The molecule has 0 saturated carbocycles. The molecule has 2 N–H and O–H groups in total. The van der Waals surface area contributed by atoms with Gasteiger partial charge in [-0.1, -0.05) is 67.6 Å². The highest BCUT2D eigenvalue weighted by Crippen LogP contribution is 2.25. The van der Waals surface area contributed by atoms with Crippen molar-refractivity contribution in [2.24, 2.45) is 0 Å². The molecule has 9 heteroatoms. The van der Waals surface area contributed by atoms with Crippen LogP contribution in [0.2, 0.25) is 5.02 Å². The first-order valence-electron chi connectivity index (χ1n) is 10.9. The van der Waals surface area contributed by atoms with Crippen molar-refractivity contribution in [2.75, 3.05) is 11.1 Å². The van der Waals surface area contributed by atoms with Gasteiger partial charge in [0.15, 0.2) is 11.0 Å². The maximum atomic E-state index is 12.6. The van der Waals surface area contributed by atoms with E-state index in [1.54, 1.807) is 30.3 Å². The normalized spacial score (nSPS) is 11.8. The first kappa shape index (κ1) is 25.5. The third kappa shape index (κ3) is 6.48. The highest BCUT2D eigenvalue weighted by Gasteiger charge is 2.21. The van der Waals surface area contributed by atoms with Crippen LogP contribution in [-0.2, 0) is 11.3 Å². The lowest BCUT2D eigenvalue weighted by atomic mass is 10.0. The number of carbonyl (C=O) groups is 2. The summed E-state index contributed by atoms with van der Waals surface area (Å²) in [5, 5.41) is 15.5. The molecule has 1 atom stereocenters. The van der Waals surface area contributed by atoms with Crippen LogP contribution >= 0.6 is 23.4 Å². The molecular formula is C25H28ClN5O2S. The minimum Gasteiger partial charge on any atom is -0.342 e. The van der Waals surface area contributed by atoms with Gasteiger partial charge in [-0.05, 0) is 42.7 Å². The maximum Gasteiger partial charge on any atom is 0.251 e. The molecule has 2 aromatic carbocycles. The Morgan fingerprint density at radius 1 is 1.15 bits per heavy atom. The summed E-state index contributed by atoms with van der Waals surface area (Å²) in [6, 6.07) is 14.1. The van der Waals surface area contributed by atoms with Crippen molar-refractivity contribution in [3.05, 3.63) is 83.2 Å². The van der Waals surface area contributed by atoms with Crippen LogP contribution in [0, 0.1) is 0 Å². The lowest BCUT2D eigenvalue weighted by Crippen LogP contribution is -2.28. The molecule has 0 aliphatic rings. The predicted octanol–water partition coefficient (Wildman–Crippen LogP) is 5.46. The molecule has 7 nitrogen and oxygen atoms in total. The molecule has 3 rings (SSSR count). The second kappa shape index (κ2) is 11.9. The largest absolute Gasteiger partial charge is 0.342 e. The van der Waals surface area contributed by atoms with Gasteiger partial charge in [-0.2, -0.15) is 0 Å². The number of allylic oxidation sites excluding steroid dienone is 1. The van der Waals surface area contributed by atoms with Crippen LogP contribution in [0.3, 0.4) is 0 Å². The first-order valence-corrected chi connectivity index (χ1v) is 12.3. The Kier molecular flexibility index (Phi) is 8.90. The van der Waals surface area contributed by atoms with E-state index in [0.717, 1.165) is 11.3 Å². The second-order valence-electron chi connectivity index (χ2n) is 8.02. The molecule has 0 fully saturated rings. The molecular weight excluding hydrogens is 470 g/mol. The van der Waals surface area contributed by atoms with Crippen molar-refractivity contribution in [3.8, 4) is 0 Å². The fraction of sp³-hybridized carbons (Fsp3) is 0.280. The van der Waals surface area contributed by atoms with Crippen molar-refractivity contribution < 1.29 is 9.59 Å². The van der Waals surface area contributed by atoms with Crippen molar-refractivity contribution >= 4 is 40.9 Å². The van der Waals surface area contributed by atoms with Gasteiger partial charge in [0.1, 0.15) is 0 Å². The van der Waals surface area contributed by atoms with Gasteiger partial charge in [0, 0.05) is 22.8 Å². The first-order chi connectivity index (χ1) is 16.3. The molecule has 2 amide bonds. The monoisotopic (exact) mass is 497 g/mol. The van der Waals surface area contributed by atoms with Gasteiger partial charge in [-0.25, -0.2) is 0 Å². The number of nitrogens with zero attached hydrogens (tertiary/aromatic N) is 3. The number of nitrogens with one attached hydrogen (secondary N) is 2. The smallest absolute Gasteiger partial charge is 0.251 e. The Morgan fingerprint density at radius 3 is 2.62 bits per heavy atom. The van der Waals surface area contributed by atoms with Gasteiger partial charge >= 0.3 is 0 Å². The number of hydrogen-bond acceptors (Lipinski definition) is 5. The van der Waals surface area contributed by atoms with Gasteiger partial charge in [-0.15, -0.1) is 16.8 Å². The molecule has 0 aliphatic heterocycles. The number of halogens is 1. The van der Waals surface area contributed by atoms with Crippen LogP contribution in [0.4, 0.5) is 5.69 Å². The fourth-order valence-corrected chi connectivity index (χ4v) is 4.38. The number of para-hydroxylation sites is 1. The Bertz CT molecular complexity index is 1180. The van der Waals surface area contributed by atoms with Crippen molar-refractivity contribution in [2.45, 2.75) is 44.4 Å². The van der Waals surface area contributed by atoms with E-state index in [-0.39, 0.29) is 17.6 Å². The third-order valence-corrected chi connectivity index (χ3v) is 6.27. The summed E-state index contributed by atoms with van der Waals surface area (Å²) in [5.74, 6) is 0.648. The summed E-state index contributed by atoms with van der Waals surface area (Å²) in [4.78, 5) is 25.2. The second-order valence-corrected chi connectivity index (χ2v) is 9.40. The number of amides is 2. The molecule has 0 radical (unpaired) electrons. The van der Waals surface area contributed by atoms with Crippen LogP contribution in [0.1, 0.15) is 54.5 Å². The molecule has 34 heavy (non-hydrogen) atoms. The third-order valence-electron chi connectivity index (χ3n) is 5.07. The van der Waals surface area contributed by atoms with Crippen LogP contribution in [0.5, 0.6) is 0 Å². The van der Waals surface area contributed by atoms with Crippen LogP contribution in [0.15, 0.2) is 66.3 Å². The molecule has 0 spiro atoms. The lowest BCUT2D eigenvalue weighted by Gasteiger charge is -2.16. The Balaban J connectivity index is 1.68. The SMILES string of the molecule is C=CCn1c(SCC(=O)Nc2ccccc2C(C)C)nnc1C(C)NC(=O)c1cccc(Cl)c1. The average Bonchev–Trinajstić information content (AvgIpc) is 3.21. The Hall–Kier alpha value is -3.10. The average molecular weight is 498 g/mol. The summed E-state index contributed by atoms with van der Waals surface area (Å²) in [7, 11) is 0. The van der Waals surface area contributed by atoms with Crippen molar-refractivity contribution in [1.82, 2.24) is 20.1 Å². The molecule has 1 unspecified atom stereocenters. The van der Waals surface area contributed by atoms with Crippen molar-refractivity contribution in [3.63, 3.8) is 0 Å². The number of carbonyl (C=O) groups excluding carboxylic acids is 2. The zero-order chi connectivity index (χ0) is 24.7. The molecule has 1 heterocycles. The van der Waals surface area contributed by atoms with Crippen LogP contribution in [0.25, 0.3) is 0 Å². The summed E-state index contributed by atoms with van der Waals surface area (Å²) >= 11 is 7.28. The summed E-state index contributed by atoms with van der Waals surface area (Å²) in [6.07, 6.45) is 1.72. The molecule has 0 bridgehead atoms. The Morgan fingerprint density at radius 2 is 1.91 bits per heavy atom. The van der Waals surface area contributed by atoms with E-state index in [2.05, 4.69) is 41.3 Å². The fourth-order valence-electron chi connectivity index (χ4n) is 3.43. The topological polar surface area (TPSA) is 88.9 Å². The van der Waals surface area contributed by atoms with Gasteiger partial charge in [-0.3, -0.25) is 9.59 Å². The Labute approximate surface area is 209 Å². The van der Waals surface area contributed by atoms with E-state index in [9.17, 15) is 9.59 Å². The molecule has 3 aromatic rings. The van der Waals surface area contributed by atoms with E-state index in [4.69, 9.17) is 11.6 Å². The van der Waals surface area contributed by atoms with Crippen LogP contribution < -0.4 is 10.6 Å². The molecule has 0 saturated heterocycles. The predicted molar refractivity (Wildman–Crippen MR) is 137 cm³/mol. The number of hydrogen-bond donors (Lipinski definition) is 2. The molecule has 1 aromatic heterocycles. The zero-order valence-electron chi connectivity index (χ0n) is 19.4. The highest BCUT2D eigenvalue weighted by molar-refractivity contribution is 7.99. The highest BCUT2D eigenvalue weighted by atomic mass is 35.5. The number of benzene rings is 2. The zero-order valence-corrected chi connectivity index (χ0v) is 21.0. The minimum absolute atomic E-state index is 0.130. The van der Waals surface area contributed by atoms with Gasteiger partial charge in [0.2, 0.25) is 5.91 Å². The van der Waals surface area contributed by atoms with E-state index < -0.39 is 6.04 Å². The minimum atomic E-state index is -0.417. The number of anilines is 1. The van der Waals surface area contributed by atoms with E-state index in [0.29, 0.717) is 34.0 Å². The summed E-state index contributed by atoms with van der Waals surface area (Å²) in [6.45, 7) is 10.3. The van der Waals surface area contributed by atoms with Crippen LogP contribution in [-0.4, -0.2) is 32.3 Å². The van der Waals surface area contributed by atoms with Gasteiger partial charge in [0.05, 0.1) is 11.8 Å². The molecule has 0 aliphatic carbocycles. The summed E-state index contributed by atoms with van der Waals surface area (Å²) < 4.78 is 1.84. The lowest BCUT2D eigenvalue weighted by molar-refractivity contribution is -0.113. The standard InChI is InChI=1S/C25H28ClN5O2S/c1-5-13-31-23(17(4)27-24(33)18-9-8-10-19(26)14-18)29-30-25(31)34-15-22(32)28-21-12-7-6-11-20(21)16(2)3/h5-12,14,16-17H,1,13,15H2,2-4H3,(H,27,33)(H,28,32). The van der Waals surface area contributed by atoms with E-state index in [1.807, 2.05) is 35.8 Å². The number of aromatic nitrogens is 3. The van der Waals surface area contributed by atoms with Gasteiger partial charge in [0.25, 0.3) is 5.91 Å². The number of thioether (sulfide) groups is 1. The number of rotatable bonds is 10. The van der Waals surface area contributed by atoms with Crippen molar-refractivity contribution in [1.29, 1.82) is 0 Å².